The number of nitrogens with one attached hydrogen (secondary N) is 1. The van der Waals surface area contributed by atoms with Crippen LogP contribution in [-0.2, 0) is 9.47 Å². The van der Waals surface area contributed by atoms with Crippen molar-refractivity contribution in [2.45, 2.75) is 59.4 Å². The molecule has 0 unspecified atom stereocenters. The third-order valence-electron chi connectivity index (χ3n) is 7.39. The van der Waals surface area contributed by atoms with Gasteiger partial charge in [0, 0.05) is 38.7 Å². The van der Waals surface area contributed by atoms with Gasteiger partial charge in [-0.1, -0.05) is 13.8 Å². The first-order chi connectivity index (χ1) is 18.0. The summed E-state index contributed by atoms with van der Waals surface area (Å²) in [6.45, 7) is 16.0. The van der Waals surface area contributed by atoms with E-state index in [0.29, 0.717) is 42.5 Å². The van der Waals surface area contributed by atoms with E-state index in [-0.39, 0.29) is 17.8 Å². The summed E-state index contributed by atoms with van der Waals surface area (Å²) in [5.74, 6) is 1.60. The summed E-state index contributed by atoms with van der Waals surface area (Å²) < 4.78 is 10.4. The van der Waals surface area contributed by atoms with E-state index < -0.39 is 5.54 Å². The van der Waals surface area contributed by atoms with Crippen molar-refractivity contribution in [2.75, 3.05) is 56.7 Å². The quantitative estimate of drug-likeness (QED) is 0.543. The molecule has 0 bridgehead atoms. The number of hydrogen-bond acceptors (Lipinski definition) is 9. The Kier molecular flexibility index (Phi) is 8.20. The highest BCUT2D eigenvalue weighted by Crippen LogP contribution is 2.29. The maximum atomic E-state index is 13.7. The molecule has 2 aliphatic heterocycles. The number of esters is 1. The van der Waals surface area contributed by atoms with Crippen LogP contribution in [0.4, 0.5) is 11.6 Å². The summed E-state index contributed by atoms with van der Waals surface area (Å²) >= 11 is 0. The predicted molar refractivity (Wildman–Crippen MR) is 146 cm³/mol. The average Bonchev–Trinajstić information content (AvgIpc) is 3.39. The number of aromatic nitrogens is 3. The Morgan fingerprint density at radius 3 is 2.61 bits per heavy atom. The fourth-order valence-corrected chi connectivity index (χ4v) is 5.28. The molecule has 0 radical (unpaired) electrons. The zero-order valence-electron chi connectivity index (χ0n) is 23.6. The van der Waals surface area contributed by atoms with Crippen molar-refractivity contribution in [1.29, 1.82) is 0 Å². The van der Waals surface area contributed by atoms with E-state index in [1.165, 1.54) is 7.11 Å². The summed E-state index contributed by atoms with van der Waals surface area (Å²) in [7, 11) is 1.37. The fourth-order valence-electron chi connectivity index (χ4n) is 5.28. The molecule has 0 saturated carbocycles. The summed E-state index contributed by atoms with van der Waals surface area (Å²) in [6.07, 6.45) is 2.63. The molecule has 4 heterocycles. The van der Waals surface area contributed by atoms with Gasteiger partial charge in [-0.05, 0) is 51.7 Å². The summed E-state index contributed by atoms with van der Waals surface area (Å²) in [6, 6.07) is 1.91. The van der Waals surface area contributed by atoms with Crippen molar-refractivity contribution in [3.05, 3.63) is 40.5 Å². The Hall–Kier alpha value is -3.27. The molecule has 10 nitrogen and oxygen atoms in total. The molecular formula is C28H40N6O4. The molecule has 2 aliphatic rings. The number of amides is 1. The van der Waals surface area contributed by atoms with Crippen molar-refractivity contribution >= 4 is 23.5 Å². The topological polar surface area (TPSA) is 110 Å². The van der Waals surface area contributed by atoms with Crippen molar-refractivity contribution in [2.24, 2.45) is 5.92 Å². The van der Waals surface area contributed by atoms with Crippen LogP contribution in [0.3, 0.4) is 0 Å². The van der Waals surface area contributed by atoms with Gasteiger partial charge in [0.2, 0.25) is 0 Å². The van der Waals surface area contributed by atoms with Crippen molar-refractivity contribution in [3.8, 4) is 0 Å². The number of piperazine rings is 1. The van der Waals surface area contributed by atoms with Crippen LogP contribution in [0.5, 0.6) is 0 Å². The smallest absolute Gasteiger partial charge is 0.339 e. The van der Waals surface area contributed by atoms with Gasteiger partial charge < -0.3 is 24.6 Å². The van der Waals surface area contributed by atoms with Crippen molar-refractivity contribution in [1.82, 2.24) is 19.9 Å². The van der Waals surface area contributed by atoms with Gasteiger partial charge in [0.25, 0.3) is 5.91 Å². The number of carbonyl (C=O) groups is 2. The molecule has 2 aromatic rings. The minimum Gasteiger partial charge on any atom is -0.465 e. The second-order valence-electron chi connectivity index (χ2n) is 11.2. The number of anilines is 2. The largest absolute Gasteiger partial charge is 0.465 e. The molecule has 1 atom stereocenters. The lowest BCUT2D eigenvalue weighted by molar-refractivity contribution is 0.0505. The molecule has 0 aromatic carbocycles. The highest BCUT2D eigenvalue weighted by Gasteiger charge is 2.38. The normalized spacial score (nSPS) is 19.1. The van der Waals surface area contributed by atoms with E-state index >= 15 is 0 Å². The number of hydrogen-bond donors (Lipinski definition) is 1. The first-order valence-electron chi connectivity index (χ1n) is 13.3. The van der Waals surface area contributed by atoms with E-state index in [0.717, 1.165) is 49.1 Å². The number of rotatable bonds is 7. The van der Waals surface area contributed by atoms with E-state index in [4.69, 9.17) is 19.4 Å². The molecule has 2 fully saturated rings. The zero-order chi connectivity index (χ0) is 27.6. The summed E-state index contributed by atoms with van der Waals surface area (Å²) in [5, 5.41) is 3.43. The molecule has 1 amide bonds. The van der Waals surface area contributed by atoms with Crippen LogP contribution in [0.2, 0.25) is 0 Å². The number of pyridine rings is 1. The van der Waals surface area contributed by atoms with Crippen LogP contribution in [0.15, 0.2) is 12.3 Å². The zero-order valence-corrected chi connectivity index (χ0v) is 23.6. The van der Waals surface area contributed by atoms with Gasteiger partial charge >= 0.3 is 5.97 Å². The van der Waals surface area contributed by atoms with Gasteiger partial charge in [-0.25, -0.2) is 19.7 Å². The second kappa shape index (κ2) is 11.2. The minimum absolute atomic E-state index is 0.118. The molecule has 1 N–H and O–H groups in total. The van der Waals surface area contributed by atoms with Crippen molar-refractivity contribution in [3.63, 3.8) is 0 Å². The maximum absolute atomic E-state index is 13.7. The molecule has 2 aromatic heterocycles. The average molecular weight is 525 g/mol. The molecule has 38 heavy (non-hydrogen) atoms. The third-order valence-corrected chi connectivity index (χ3v) is 7.39. The van der Waals surface area contributed by atoms with E-state index in [1.807, 2.05) is 24.8 Å². The molecule has 206 valence electrons. The van der Waals surface area contributed by atoms with Gasteiger partial charge in [0.15, 0.2) is 0 Å². The first-order valence-corrected chi connectivity index (χ1v) is 13.3. The van der Waals surface area contributed by atoms with Crippen LogP contribution >= 0.6 is 0 Å². The van der Waals surface area contributed by atoms with Crippen LogP contribution < -0.4 is 10.2 Å². The van der Waals surface area contributed by atoms with E-state index in [2.05, 4.69) is 42.9 Å². The van der Waals surface area contributed by atoms with Crippen LogP contribution in [0, 0.1) is 19.8 Å². The molecule has 2 saturated heterocycles. The maximum Gasteiger partial charge on any atom is 0.339 e. The Morgan fingerprint density at radius 1 is 1.24 bits per heavy atom. The Labute approximate surface area is 225 Å². The SMILES string of the molecule is COC(=O)c1c(C)cc(N2CCN(C(=O)c3cnc(NC[C@H]4CCOC4)c(C(C)C)n3)C(C)(C)C2)nc1C. The third kappa shape index (κ3) is 5.75. The van der Waals surface area contributed by atoms with E-state index in [9.17, 15) is 9.59 Å². The number of ether oxygens (including phenoxy) is 2. The summed E-state index contributed by atoms with van der Waals surface area (Å²) in [4.78, 5) is 43.9. The van der Waals surface area contributed by atoms with Gasteiger partial charge in [0.1, 0.15) is 17.3 Å². The second-order valence-corrected chi connectivity index (χ2v) is 11.2. The standard InChI is InChI=1S/C28H40N6O4/c1-17(2)24-25(29-13-20-8-11-38-15-20)30-14-21(32-24)26(35)34-10-9-33(16-28(34,5)6)22-12-18(3)23(19(4)31-22)27(36)37-7/h12,14,17,20H,8-11,13,15-16H2,1-7H3,(H,29,30)/t20-/m1/s1. The molecule has 4 rings (SSSR count). The van der Waals surface area contributed by atoms with Crippen LogP contribution in [0.1, 0.15) is 77.8 Å². The number of nitrogens with zero attached hydrogens (tertiary/aromatic N) is 5. The van der Waals surface area contributed by atoms with Gasteiger partial charge in [0.05, 0.1) is 42.4 Å². The Morgan fingerprint density at radius 2 is 2.00 bits per heavy atom. The number of aryl methyl sites for hydroxylation is 2. The predicted octanol–water partition coefficient (Wildman–Crippen LogP) is 3.59. The summed E-state index contributed by atoms with van der Waals surface area (Å²) in [5.41, 5.74) is 2.64. The lowest BCUT2D eigenvalue weighted by Crippen LogP contribution is -2.61. The monoisotopic (exact) mass is 524 g/mol. The molecular weight excluding hydrogens is 484 g/mol. The van der Waals surface area contributed by atoms with Gasteiger partial charge in [-0.2, -0.15) is 0 Å². The molecule has 0 spiro atoms. The highest BCUT2D eigenvalue weighted by atomic mass is 16.5. The number of methoxy groups -OCH3 is 1. The lowest BCUT2D eigenvalue weighted by atomic mass is 9.97. The first kappa shape index (κ1) is 27.8. The van der Waals surface area contributed by atoms with Gasteiger partial charge in [-0.3, -0.25) is 4.79 Å². The fraction of sp³-hybridized carbons (Fsp3) is 0.607. The minimum atomic E-state index is -0.473. The number of carbonyl (C=O) groups excluding carboxylic acids is 2. The lowest BCUT2D eigenvalue weighted by Gasteiger charge is -2.47. The highest BCUT2D eigenvalue weighted by molar-refractivity contribution is 5.93. The van der Waals surface area contributed by atoms with Gasteiger partial charge in [-0.15, -0.1) is 0 Å². The Bertz CT molecular complexity index is 1170. The van der Waals surface area contributed by atoms with E-state index in [1.54, 1.807) is 6.20 Å². The van der Waals surface area contributed by atoms with Crippen LogP contribution in [0.25, 0.3) is 0 Å². The molecule has 10 heteroatoms. The van der Waals surface area contributed by atoms with Crippen LogP contribution in [-0.4, -0.2) is 83.8 Å². The molecule has 0 aliphatic carbocycles. The Balaban J connectivity index is 1.50. The van der Waals surface area contributed by atoms with Crippen molar-refractivity contribution < 1.29 is 19.1 Å².